The van der Waals surface area contributed by atoms with Crippen LogP contribution in [0.15, 0.2) is 18.2 Å². The minimum atomic E-state index is -0.844. The van der Waals surface area contributed by atoms with Gasteiger partial charge < -0.3 is 15.8 Å². The number of nitrogens with one attached hydrogen (secondary N) is 1. The number of nitrogens with two attached hydrogens (primary N) is 1. The standard InChI is InChI=1S/C15H18BrFN2O3/c16-12(8-10-3-1-2-6-22-10)15(21)19-9-4-5-11(14(18)20)13(17)7-9/h4-5,7,10,12H,1-3,6,8H2,(H2,18,20)(H,19,21). The summed E-state index contributed by atoms with van der Waals surface area (Å²) in [5.41, 5.74) is 5.11. The van der Waals surface area contributed by atoms with Crippen molar-refractivity contribution in [2.45, 2.75) is 36.6 Å². The molecule has 1 heterocycles. The SMILES string of the molecule is NC(=O)c1ccc(NC(=O)C(Br)CC2CCCCO2)cc1F. The molecule has 120 valence electrons. The summed E-state index contributed by atoms with van der Waals surface area (Å²) in [5, 5.41) is 2.60. The number of carbonyl (C=O) groups excluding carboxylic acids is 2. The highest BCUT2D eigenvalue weighted by Crippen LogP contribution is 2.22. The maximum Gasteiger partial charge on any atom is 0.251 e. The van der Waals surface area contributed by atoms with Crippen molar-refractivity contribution in [2.24, 2.45) is 5.73 Å². The van der Waals surface area contributed by atoms with E-state index in [2.05, 4.69) is 21.2 Å². The zero-order valence-corrected chi connectivity index (χ0v) is 13.6. The molecule has 2 unspecified atom stereocenters. The number of primary amides is 1. The predicted octanol–water partition coefficient (Wildman–Crippen LogP) is 2.59. The van der Waals surface area contributed by atoms with E-state index in [0.29, 0.717) is 6.42 Å². The maximum absolute atomic E-state index is 13.6. The van der Waals surface area contributed by atoms with Crippen LogP contribution in [0.2, 0.25) is 0 Å². The summed E-state index contributed by atoms with van der Waals surface area (Å²) in [6, 6.07) is 3.77. The molecule has 1 aliphatic rings. The lowest BCUT2D eigenvalue weighted by Gasteiger charge is -2.24. The van der Waals surface area contributed by atoms with Crippen molar-refractivity contribution < 1.29 is 18.7 Å². The van der Waals surface area contributed by atoms with Gasteiger partial charge in [-0.2, -0.15) is 0 Å². The van der Waals surface area contributed by atoms with E-state index < -0.39 is 16.6 Å². The van der Waals surface area contributed by atoms with Gasteiger partial charge in [0.15, 0.2) is 0 Å². The molecule has 0 aromatic heterocycles. The van der Waals surface area contributed by atoms with E-state index in [1.165, 1.54) is 12.1 Å². The number of hydrogen-bond acceptors (Lipinski definition) is 3. The summed E-state index contributed by atoms with van der Waals surface area (Å²) in [5.74, 6) is -1.88. The number of amides is 2. The Bertz CT molecular complexity index is 562. The normalized spacial score (nSPS) is 19.5. The minimum Gasteiger partial charge on any atom is -0.378 e. The van der Waals surface area contributed by atoms with Crippen LogP contribution in [0.25, 0.3) is 0 Å². The van der Waals surface area contributed by atoms with Crippen molar-refractivity contribution >= 4 is 33.4 Å². The second kappa shape index (κ2) is 7.69. The van der Waals surface area contributed by atoms with Crippen LogP contribution < -0.4 is 11.1 Å². The quantitative estimate of drug-likeness (QED) is 0.779. The van der Waals surface area contributed by atoms with Crippen molar-refractivity contribution in [3.8, 4) is 0 Å². The molecule has 2 rings (SSSR count). The van der Waals surface area contributed by atoms with E-state index in [-0.39, 0.29) is 23.3 Å². The predicted molar refractivity (Wildman–Crippen MR) is 84.5 cm³/mol. The van der Waals surface area contributed by atoms with Crippen molar-refractivity contribution in [1.29, 1.82) is 0 Å². The van der Waals surface area contributed by atoms with Gasteiger partial charge in [-0.15, -0.1) is 0 Å². The molecule has 1 aromatic carbocycles. The number of alkyl halides is 1. The fourth-order valence-corrected chi connectivity index (χ4v) is 2.88. The zero-order valence-electron chi connectivity index (χ0n) is 12.0. The van der Waals surface area contributed by atoms with Gasteiger partial charge in [-0.1, -0.05) is 15.9 Å². The average molecular weight is 373 g/mol. The number of carbonyl (C=O) groups is 2. The monoisotopic (exact) mass is 372 g/mol. The van der Waals surface area contributed by atoms with E-state index in [1.807, 2.05) is 0 Å². The molecule has 0 radical (unpaired) electrons. The lowest BCUT2D eigenvalue weighted by molar-refractivity contribution is -0.116. The molecule has 22 heavy (non-hydrogen) atoms. The number of rotatable bonds is 5. The molecule has 0 saturated carbocycles. The molecule has 7 heteroatoms. The average Bonchev–Trinajstić information content (AvgIpc) is 2.47. The Labute approximate surface area is 136 Å². The maximum atomic E-state index is 13.6. The molecule has 5 nitrogen and oxygen atoms in total. The van der Waals surface area contributed by atoms with Crippen LogP contribution in [-0.2, 0) is 9.53 Å². The number of benzene rings is 1. The Balaban J connectivity index is 1.93. The summed E-state index contributed by atoms with van der Waals surface area (Å²) in [4.78, 5) is 22.6. The summed E-state index contributed by atoms with van der Waals surface area (Å²) in [7, 11) is 0. The Morgan fingerprint density at radius 3 is 2.82 bits per heavy atom. The fraction of sp³-hybridized carbons (Fsp3) is 0.467. The molecular formula is C15H18BrFN2O3. The zero-order chi connectivity index (χ0) is 16.1. The minimum absolute atomic E-state index is 0.0675. The second-order valence-electron chi connectivity index (χ2n) is 5.24. The van der Waals surface area contributed by atoms with Crippen LogP contribution in [0.5, 0.6) is 0 Å². The van der Waals surface area contributed by atoms with Crippen LogP contribution in [0.4, 0.5) is 10.1 Å². The number of ether oxygens (including phenoxy) is 1. The van der Waals surface area contributed by atoms with E-state index >= 15 is 0 Å². The third-order valence-electron chi connectivity index (χ3n) is 3.53. The summed E-state index contributed by atoms with van der Waals surface area (Å²) in [6.07, 6.45) is 3.73. The topological polar surface area (TPSA) is 81.4 Å². The first-order valence-electron chi connectivity index (χ1n) is 7.13. The van der Waals surface area contributed by atoms with Crippen LogP contribution in [0.1, 0.15) is 36.0 Å². The van der Waals surface area contributed by atoms with Crippen LogP contribution in [0.3, 0.4) is 0 Å². The van der Waals surface area contributed by atoms with E-state index in [1.54, 1.807) is 0 Å². The fourth-order valence-electron chi connectivity index (χ4n) is 2.34. The van der Waals surface area contributed by atoms with Gasteiger partial charge in [0.2, 0.25) is 5.91 Å². The summed E-state index contributed by atoms with van der Waals surface area (Å²) >= 11 is 3.33. The summed E-state index contributed by atoms with van der Waals surface area (Å²) in [6.45, 7) is 0.728. The Hall–Kier alpha value is -1.47. The van der Waals surface area contributed by atoms with Crippen molar-refractivity contribution in [2.75, 3.05) is 11.9 Å². The molecule has 0 spiro atoms. The number of anilines is 1. The highest BCUT2D eigenvalue weighted by Gasteiger charge is 2.23. The van der Waals surface area contributed by atoms with Gasteiger partial charge in [-0.25, -0.2) is 4.39 Å². The molecule has 1 saturated heterocycles. The Kier molecular flexibility index (Phi) is 5.90. The third kappa shape index (κ3) is 4.51. The van der Waals surface area contributed by atoms with E-state index in [9.17, 15) is 14.0 Å². The van der Waals surface area contributed by atoms with Gasteiger partial charge in [0.1, 0.15) is 5.82 Å². The molecule has 0 bridgehead atoms. The van der Waals surface area contributed by atoms with Crippen LogP contribution in [-0.4, -0.2) is 29.4 Å². The van der Waals surface area contributed by atoms with Crippen LogP contribution in [0, 0.1) is 5.82 Å². The van der Waals surface area contributed by atoms with E-state index in [4.69, 9.17) is 10.5 Å². The van der Waals surface area contributed by atoms with Gasteiger partial charge >= 0.3 is 0 Å². The van der Waals surface area contributed by atoms with Gasteiger partial charge in [-0.05, 0) is 43.9 Å². The lowest BCUT2D eigenvalue weighted by Crippen LogP contribution is -2.29. The Morgan fingerprint density at radius 1 is 1.45 bits per heavy atom. The van der Waals surface area contributed by atoms with Gasteiger partial charge in [0.05, 0.1) is 16.5 Å². The van der Waals surface area contributed by atoms with Crippen LogP contribution >= 0.6 is 15.9 Å². The molecule has 1 aliphatic heterocycles. The number of halogens is 2. The van der Waals surface area contributed by atoms with Crippen molar-refractivity contribution in [1.82, 2.24) is 0 Å². The van der Waals surface area contributed by atoms with Crippen molar-refractivity contribution in [3.05, 3.63) is 29.6 Å². The van der Waals surface area contributed by atoms with Gasteiger partial charge in [0.25, 0.3) is 5.91 Å². The largest absolute Gasteiger partial charge is 0.378 e. The molecule has 3 N–H and O–H groups in total. The molecular weight excluding hydrogens is 355 g/mol. The van der Waals surface area contributed by atoms with E-state index in [0.717, 1.165) is 31.9 Å². The molecule has 0 aliphatic carbocycles. The summed E-state index contributed by atoms with van der Waals surface area (Å²) < 4.78 is 19.2. The van der Waals surface area contributed by atoms with Gasteiger partial charge in [-0.3, -0.25) is 9.59 Å². The molecule has 2 atom stereocenters. The first kappa shape index (κ1) is 16.9. The first-order chi connectivity index (χ1) is 10.5. The second-order valence-corrected chi connectivity index (χ2v) is 6.35. The number of hydrogen-bond donors (Lipinski definition) is 2. The smallest absolute Gasteiger partial charge is 0.251 e. The molecule has 1 aromatic rings. The van der Waals surface area contributed by atoms with Gasteiger partial charge in [0, 0.05) is 12.3 Å². The molecule has 1 fully saturated rings. The Morgan fingerprint density at radius 2 is 2.23 bits per heavy atom. The lowest BCUT2D eigenvalue weighted by atomic mass is 10.0. The highest BCUT2D eigenvalue weighted by molar-refractivity contribution is 9.10. The van der Waals surface area contributed by atoms with Crippen molar-refractivity contribution in [3.63, 3.8) is 0 Å². The third-order valence-corrected chi connectivity index (χ3v) is 4.32. The first-order valence-corrected chi connectivity index (χ1v) is 8.05. The molecule has 2 amide bonds. The highest BCUT2D eigenvalue weighted by atomic mass is 79.9.